The molecule has 0 saturated heterocycles. The lowest BCUT2D eigenvalue weighted by Crippen LogP contribution is -2.26. The number of imidazole rings is 1. The van der Waals surface area contributed by atoms with E-state index in [9.17, 15) is 0 Å². The van der Waals surface area contributed by atoms with Gasteiger partial charge in [-0.05, 0) is 32.0 Å². The van der Waals surface area contributed by atoms with Crippen LogP contribution in [0.25, 0.3) is 11.0 Å². The highest BCUT2D eigenvalue weighted by atomic mass is 35.5. The molecule has 19 heavy (non-hydrogen) atoms. The Bertz CT molecular complexity index is 561. The monoisotopic (exact) mass is 281 g/mol. The lowest BCUT2D eigenvalue weighted by molar-refractivity contribution is 0.107. The number of rotatable bonds is 5. The predicted octanol–water partition coefficient (Wildman–Crippen LogP) is 2.79. The van der Waals surface area contributed by atoms with Gasteiger partial charge >= 0.3 is 0 Å². The first-order valence-electron chi connectivity index (χ1n) is 6.46. The van der Waals surface area contributed by atoms with Crippen LogP contribution in [-0.2, 0) is 11.2 Å². The number of nitrogens with two attached hydrogens (primary N) is 1. The third kappa shape index (κ3) is 2.91. The maximum absolute atomic E-state index is 6.03. The summed E-state index contributed by atoms with van der Waals surface area (Å²) >= 11 is 6.03. The maximum Gasteiger partial charge on any atom is 0.112 e. The van der Waals surface area contributed by atoms with E-state index in [2.05, 4.69) is 23.4 Å². The molecule has 2 N–H and O–H groups in total. The molecule has 0 radical (unpaired) electrons. The molecule has 1 aromatic heterocycles. The van der Waals surface area contributed by atoms with Crippen molar-refractivity contribution in [3.63, 3.8) is 0 Å². The molecule has 4 nitrogen and oxygen atoms in total. The Morgan fingerprint density at radius 3 is 2.74 bits per heavy atom. The van der Waals surface area contributed by atoms with Crippen LogP contribution in [0, 0.1) is 0 Å². The predicted molar refractivity (Wildman–Crippen MR) is 78.7 cm³/mol. The van der Waals surface area contributed by atoms with Gasteiger partial charge in [0.05, 0.1) is 17.1 Å². The average molecular weight is 282 g/mol. The number of hydrogen-bond donors (Lipinski definition) is 1. The van der Waals surface area contributed by atoms with Gasteiger partial charge in [-0.3, -0.25) is 0 Å². The van der Waals surface area contributed by atoms with E-state index in [1.54, 1.807) is 7.11 Å². The highest BCUT2D eigenvalue weighted by Gasteiger charge is 2.17. The lowest BCUT2D eigenvalue weighted by atomic mass is 10.2. The highest BCUT2D eigenvalue weighted by Crippen LogP contribution is 2.24. The van der Waals surface area contributed by atoms with Gasteiger partial charge in [-0.1, -0.05) is 11.6 Å². The fourth-order valence-electron chi connectivity index (χ4n) is 2.31. The van der Waals surface area contributed by atoms with Crippen LogP contribution in [0.5, 0.6) is 0 Å². The first-order valence-corrected chi connectivity index (χ1v) is 6.83. The zero-order chi connectivity index (χ0) is 14.0. The highest BCUT2D eigenvalue weighted by molar-refractivity contribution is 6.31. The second kappa shape index (κ2) is 5.90. The van der Waals surface area contributed by atoms with Gasteiger partial charge in [0.15, 0.2) is 0 Å². The minimum Gasteiger partial charge on any atom is -0.380 e. The average Bonchev–Trinajstić information content (AvgIpc) is 2.72. The zero-order valence-electron chi connectivity index (χ0n) is 11.6. The minimum absolute atomic E-state index is 0.00946. The number of methoxy groups -OCH3 is 1. The fourth-order valence-corrected chi connectivity index (χ4v) is 2.47. The lowest BCUT2D eigenvalue weighted by Gasteiger charge is -2.16. The van der Waals surface area contributed by atoms with Crippen molar-refractivity contribution in [2.24, 2.45) is 5.73 Å². The van der Waals surface area contributed by atoms with E-state index in [4.69, 9.17) is 22.1 Å². The molecule has 0 aliphatic rings. The molecule has 104 valence electrons. The molecule has 0 spiro atoms. The first-order chi connectivity index (χ1) is 9.06. The Balaban J connectivity index is 2.49. The van der Waals surface area contributed by atoms with Crippen molar-refractivity contribution in [2.45, 2.75) is 32.4 Å². The molecule has 0 amide bonds. The summed E-state index contributed by atoms with van der Waals surface area (Å²) in [5.74, 6) is 0.990. The second-order valence-electron chi connectivity index (χ2n) is 4.92. The van der Waals surface area contributed by atoms with Crippen LogP contribution in [0.3, 0.4) is 0 Å². The Morgan fingerprint density at radius 2 is 2.16 bits per heavy atom. The van der Waals surface area contributed by atoms with Gasteiger partial charge in [0.25, 0.3) is 0 Å². The molecule has 1 aromatic carbocycles. The van der Waals surface area contributed by atoms with Crippen LogP contribution >= 0.6 is 11.6 Å². The van der Waals surface area contributed by atoms with E-state index in [0.29, 0.717) is 24.0 Å². The van der Waals surface area contributed by atoms with Gasteiger partial charge in [0, 0.05) is 31.1 Å². The molecule has 1 heterocycles. The van der Waals surface area contributed by atoms with Crippen LogP contribution in [0.1, 0.15) is 25.7 Å². The van der Waals surface area contributed by atoms with Crippen molar-refractivity contribution in [2.75, 3.05) is 13.7 Å². The van der Waals surface area contributed by atoms with Crippen LogP contribution in [0.4, 0.5) is 0 Å². The molecule has 1 unspecified atom stereocenters. The molecular formula is C14H20ClN3O. The molecule has 0 bridgehead atoms. The molecule has 0 aliphatic heterocycles. The van der Waals surface area contributed by atoms with E-state index < -0.39 is 0 Å². The molecule has 0 aliphatic carbocycles. The number of hydrogen-bond acceptors (Lipinski definition) is 3. The molecule has 0 saturated carbocycles. The van der Waals surface area contributed by atoms with Gasteiger partial charge in [-0.15, -0.1) is 0 Å². The van der Waals surface area contributed by atoms with E-state index in [-0.39, 0.29) is 6.10 Å². The number of benzene rings is 1. The summed E-state index contributed by atoms with van der Waals surface area (Å²) in [7, 11) is 1.68. The normalized spacial score (nSPS) is 13.4. The topological polar surface area (TPSA) is 53.1 Å². The van der Waals surface area contributed by atoms with E-state index in [1.807, 2.05) is 18.2 Å². The summed E-state index contributed by atoms with van der Waals surface area (Å²) in [6, 6.07) is 6.13. The summed E-state index contributed by atoms with van der Waals surface area (Å²) in [5, 5.41) is 0.703. The summed E-state index contributed by atoms with van der Waals surface area (Å²) in [5.41, 5.74) is 7.71. The van der Waals surface area contributed by atoms with Crippen molar-refractivity contribution >= 4 is 22.6 Å². The number of nitrogens with zero attached hydrogens (tertiary/aromatic N) is 2. The summed E-state index contributed by atoms with van der Waals surface area (Å²) in [4.78, 5) is 4.67. The fraction of sp³-hybridized carbons (Fsp3) is 0.500. The molecule has 1 atom stereocenters. The van der Waals surface area contributed by atoms with Crippen LogP contribution < -0.4 is 5.73 Å². The Kier molecular flexibility index (Phi) is 4.45. The van der Waals surface area contributed by atoms with Crippen LogP contribution in [0.2, 0.25) is 5.02 Å². The Hall–Kier alpha value is -1.10. The van der Waals surface area contributed by atoms with Crippen LogP contribution in [-0.4, -0.2) is 29.3 Å². The SMILES string of the molecule is COC(CN)Cc1nc2cc(Cl)ccc2n1C(C)C. The molecular weight excluding hydrogens is 262 g/mol. The van der Waals surface area contributed by atoms with Gasteiger partial charge in [0.1, 0.15) is 5.82 Å². The number of ether oxygens (including phenoxy) is 1. The number of fused-ring (bicyclic) bond motifs is 1. The van der Waals surface area contributed by atoms with Crippen LogP contribution in [0.15, 0.2) is 18.2 Å². The zero-order valence-corrected chi connectivity index (χ0v) is 12.3. The van der Waals surface area contributed by atoms with E-state index >= 15 is 0 Å². The van der Waals surface area contributed by atoms with Gasteiger partial charge in [-0.25, -0.2) is 4.98 Å². The van der Waals surface area contributed by atoms with Crippen molar-refractivity contribution in [3.8, 4) is 0 Å². The van der Waals surface area contributed by atoms with Crippen molar-refractivity contribution < 1.29 is 4.74 Å². The Morgan fingerprint density at radius 1 is 1.42 bits per heavy atom. The Labute approximate surface area is 118 Å². The van der Waals surface area contributed by atoms with Gasteiger partial charge in [0.2, 0.25) is 0 Å². The van der Waals surface area contributed by atoms with Crippen molar-refractivity contribution in [1.29, 1.82) is 0 Å². The van der Waals surface area contributed by atoms with E-state index in [0.717, 1.165) is 16.9 Å². The summed E-state index contributed by atoms with van der Waals surface area (Å²) < 4.78 is 7.57. The van der Waals surface area contributed by atoms with Crippen molar-refractivity contribution in [3.05, 3.63) is 29.0 Å². The standard InChI is InChI=1S/C14H20ClN3O/c1-9(2)18-13-5-4-10(15)6-12(13)17-14(18)7-11(8-16)19-3/h4-6,9,11H,7-8,16H2,1-3H3. The van der Waals surface area contributed by atoms with Crippen molar-refractivity contribution in [1.82, 2.24) is 9.55 Å². The third-order valence-electron chi connectivity index (χ3n) is 3.25. The van der Waals surface area contributed by atoms with Gasteiger partial charge < -0.3 is 15.0 Å². The molecule has 2 rings (SSSR count). The van der Waals surface area contributed by atoms with Gasteiger partial charge in [-0.2, -0.15) is 0 Å². The molecule has 5 heteroatoms. The number of halogens is 1. The molecule has 2 aromatic rings. The van der Waals surface area contributed by atoms with E-state index in [1.165, 1.54) is 0 Å². The number of aromatic nitrogens is 2. The largest absolute Gasteiger partial charge is 0.380 e. The summed E-state index contributed by atoms with van der Waals surface area (Å²) in [6.45, 7) is 4.77. The maximum atomic E-state index is 6.03. The minimum atomic E-state index is -0.00946. The first kappa shape index (κ1) is 14.3. The second-order valence-corrected chi connectivity index (χ2v) is 5.36. The molecule has 0 fully saturated rings. The quantitative estimate of drug-likeness (QED) is 0.917. The summed E-state index contributed by atoms with van der Waals surface area (Å²) in [6.07, 6.45) is 0.696. The smallest absolute Gasteiger partial charge is 0.112 e. The third-order valence-corrected chi connectivity index (χ3v) is 3.48.